The molecular formula is C9H19NO. The van der Waals surface area contributed by atoms with Crippen LogP contribution in [0, 0.1) is 11.8 Å². The molecule has 0 aliphatic heterocycles. The number of rotatable bonds is 4. The third-order valence-electron chi connectivity index (χ3n) is 2.73. The van der Waals surface area contributed by atoms with Crippen LogP contribution in [0.3, 0.4) is 0 Å². The van der Waals surface area contributed by atoms with Crippen LogP contribution in [0.1, 0.15) is 32.1 Å². The van der Waals surface area contributed by atoms with Crippen molar-refractivity contribution in [2.45, 2.75) is 32.1 Å². The molecular weight excluding hydrogens is 138 g/mol. The zero-order chi connectivity index (χ0) is 8.10. The van der Waals surface area contributed by atoms with Crippen LogP contribution in [0.25, 0.3) is 0 Å². The van der Waals surface area contributed by atoms with Crippen LogP contribution >= 0.6 is 0 Å². The highest BCUT2D eigenvalue weighted by atomic mass is 16.3. The summed E-state index contributed by atoms with van der Waals surface area (Å²) >= 11 is 0. The summed E-state index contributed by atoms with van der Waals surface area (Å²) in [5, 5.41) is 8.91. The lowest BCUT2D eigenvalue weighted by atomic mass is 9.94. The van der Waals surface area contributed by atoms with E-state index in [-0.39, 0.29) is 6.61 Å². The topological polar surface area (TPSA) is 46.2 Å². The molecule has 0 aromatic heterocycles. The molecule has 0 amide bonds. The van der Waals surface area contributed by atoms with Gasteiger partial charge in [0.05, 0.1) is 0 Å². The Morgan fingerprint density at radius 2 is 2.00 bits per heavy atom. The van der Waals surface area contributed by atoms with Crippen LogP contribution in [0.4, 0.5) is 0 Å². The summed E-state index contributed by atoms with van der Waals surface area (Å²) in [6.45, 7) is 0.917. The zero-order valence-corrected chi connectivity index (χ0v) is 7.13. The molecule has 0 bridgehead atoms. The van der Waals surface area contributed by atoms with Gasteiger partial charge in [0, 0.05) is 6.61 Å². The SMILES string of the molecule is NC[C@@H](CO)CC1CCCC1. The Labute approximate surface area is 68.8 Å². The van der Waals surface area contributed by atoms with Gasteiger partial charge < -0.3 is 10.8 Å². The highest BCUT2D eigenvalue weighted by Gasteiger charge is 2.18. The predicted octanol–water partition coefficient (Wildman–Crippen LogP) is 1.13. The Morgan fingerprint density at radius 1 is 1.36 bits per heavy atom. The smallest absolute Gasteiger partial charge is 0.0471 e. The molecule has 0 spiro atoms. The molecule has 0 radical (unpaired) electrons. The number of aliphatic hydroxyl groups is 1. The van der Waals surface area contributed by atoms with E-state index < -0.39 is 0 Å². The van der Waals surface area contributed by atoms with Gasteiger partial charge in [-0.1, -0.05) is 25.7 Å². The molecule has 0 heterocycles. The molecule has 3 N–H and O–H groups in total. The van der Waals surface area contributed by atoms with Gasteiger partial charge in [-0.25, -0.2) is 0 Å². The van der Waals surface area contributed by atoms with Crippen molar-refractivity contribution >= 4 is 0 Å². The summed E-state index contributed by atoms with van der Waals surface area (Å²) < 4.78 is 0. The van der Waals surface area contributed by atoms with Gasteiger partial charge in [-0.2, -0.15) is 0 Å². The second-order valence-corrected chi connectivity index (χ2v) is 3.67. The van der Waals surface area contributed by atoms with Crippen molar-refractivity contribution in [1.29, 1.82) is 0 Å². The summed E-state index contributed by atoms with van der Waals surface area (Å²) in [5.74, 6) is 1.22. The minimum atomic E-state index is 0.271. The van der Waals surface area contributed by atoms with E-state index in [1.807, 2.05) is 0 Å². The van der Waals surface area contributed by atoms with Crippen LogP contribution < -0.4 is 5.73 Å². The number of hydrogen-bond acceptors (Lipinski definition) is 2. The van der Waals surface area contributed by atoms with Crippen molar-refractivity contribution in [2.75, 3.05) is 13.2 Å². The van der Waals surface area contributed by atoms with E-state index in [2.05, 4.69) is 0 Å². The van der Waals surface area contributed by atoms with Crippen molar-refractivity contribution in [2.24, 2.45) is 17.6 Å². The molecule has 0 saturated heterocycles. The van der Waals surface area contributed by atoms with Crippen LogP contribution in [-0.4, -0.2) is 18.3 Å². The second-order valence-electron chi connectivity index (χ2n) is 3.67. The van der Waals surface area contributed by atoms with E-state index in [0.717, 1.165) is 12.3 Å². The minimum absolute atomic E-state index is 0.271. The third kappa shape index (κ3) is 2.80. The fraction of sp³-hybridized carbons (Fsp3) is 1.00. The molecule has 0 aromatic rings. The maximum absolute atomic E-state index is 8.91. The Morgan fingerprint density at radius 3 is 2.45 bits per heavy atom. The largest absolute Gasteiger partial charge is 0.396 e. The summed E-state index contributed by atoms with van der Waals surface area (Å²) in [7, 11) is 0. The standard InChI is InChI=1S/C9H19NO/c10-6-9(7-11)5-8-3-1-2-4-8/h8-9,11H,1-7,10H2/t9-/m0/s1. The lowest BCUT2D eigenvalue weighted by Crippen LogP contribution is -2.20. The molecule has 0 unspecified atom stereocenters. The lowest BCUT2D eigenvalue weighted by molar-refractivity contribution is 0.205. The van der Waals surface area contributed by atoms with Crippen molar-refractivity contribution in [3.63, 3.8) is 0 Å². The Kier molecular flexibility index (Phi) is 3.87. The maximum Gasteiger partial charge on any atom is 0.0471 e. The summed E-state index contributed by atoms with van der Waals surface area (Å²) in [6.07, 6.45) is 6.63. The van der Waals surface area contributed by atoms with Crippen molar-refractivity contribution in [3.05, 3.63) is 0 Å². The molecule has 1 aliphatic rings. The molecule has 1 atom stereocenters. The Bertz CT molecular complexity index is 95.7. The number of aliphatic hydroxyl groups excluding tert-OH is 1. The normalized spacial score (nSPS) is 22.4. The van der Waals surface area contributed by atoms with Crippen LogP contribution in [0.5, 0.6) is 0 Å². The third-order valence-corrected chi connectivity index (χ3v) is 2.73. The van der Waals surface area contributed by atoms with Gasteiger partial charge >= 0.3 is 0 Å². The molecule has 0 aromatic carbocycles. The molecule has 2 heteroatoms. The summed E-state index contributed by atoms with van der Waals surface area (Å²) in [4.78, 5) is 0. The average molecular weight is 157 g/mol. The molecule has 66 valence electrons. The van der Waals surface area contributed by atoms with Gasteiger partial charge in [0.1, 0.15) is 0 Å². The highest BCUT2D eigenvalue weighted by Crippen LogP contribution is 2.29. The first-order valence-corrected chi connectivity index (χ1v) is 4.67. The van der Waals surface area contributed by atoms with Crippen LogP contribution in [0.2, 0.25) is 0 Å². The van der Waals surface area contributed by atoms with E-state index in [4.69, 9.17) is 10.8 Å². The molecule has 1 saturated carbocycles. The van der Waals surface area contributed by atoms with Gasteiger partial charge in [0.2, 0.25) is 0 Å². The van der Waals surface area contributed by atoms with E-state index in [1.165, 1.54) is 25.7 Å². The fourth-order valence-electron chi connectivity index (χ4n) is 1.96. The average Bonchev–Trinajstić information content (AvgIpc) is 2.52. The number of hydrogen-bond donors (Lipinski definition) is 2. The molecule has 1 aliphatic carbocycles. The zero-order valence-electron chi connectivity index (χ0n) is 7.13. The first kappa shape index (κ1) is 9.01. The van der Waals surface area contributed by atoms with Crippen LogP contribution in [-0.2, 0) is 0 Å². The molecule has 2 nitrogen and oxygen atoms in total. The van der Waals surface area contributed by atoms with Gasteiger partial charge in [-0.05, 0) is 24.8 Å². The van der Waals surface area contributed by atoms with Gasteiger partial charge in [0.15, 0.2) is 0 Å². The number of nitrogens with two attached hydrogens (primary N) is 1. The highest BCUT2D eigenvalue weighted by molar-refractivity contribution is 4.71. The minimum Gasteiger partial charge on any atom is -0.396 e. The maximum atomic E-state index is 8.91. The molecule has 11 heavy (non-hydrogen) atoms. The van der Waals surface area contributed by atoms with Crippen molar-refractivity contribution in [1.82, 2.24) is 0 Å². The predicted molar refractivity (Wildman–Crippen MR) is 46.2 cm³/mol. The Hall–Kier alpha value is -0.0800. The first-order valence-electron chi connectivity index (χ1n) is 4.67. The summed E-state index contributed by atoms with van der Waals surface area (Å²) in [6, 6.07) is 0. The molecule has 1 fully saturated rings. The van der Waals surface area contributed by atoms with E-state index >= 15 is 0 Å². The van der Waals surface area contributed by atoms with Gasteiger partial charge in [-0.3, -0.25) is 0 Å². The quantitative estimate of drug-likeness (QED) is 0.642. The van der Waals surface area contributed by atoms with Crippen molar-refractivity contribution < 1.29 is 5.11 Å². The first-order chi connectivity index (χ1) is 5.36. The summed E-state index contributed by atoms with van der Waals surface area (Å²) in [5.41, 5.74) is 5.50. The lowest BCUT2D eigenvalue weighted by Gasteiger charge is -2.15. The van der Waals surface area contributed by atoms with E-state index in [0.29, 0.717) is 12.5 Å². The van der Waals surface area contributed by atoms with Crippen molar-refractivity contribution in [3.8, 4) is 0 Å². The second kappa shape index (κ2) is 4.73. The Balaban J connectivity index is 2.16. The molecule has 1 rings (SSSR count). The fourth-order valence-corrected chi connectivity index (χ4v) is 1.96. The van der Waals surface area contributed by atoms with E-state index in [9.17, 15) is 0 Å². The van der Waals surface area contributed by atoms with Gasteiger partial charge in [0.25, 0.3) is 0 Å². The van der Waals surface area contributed by atoms with Gasteiger partial charge in [-0.15, -0.1) is 0 Å². The monoisotopic (exact) mass is 157 g/mol. The van der Waals surface area contributed by atoms with E-state index in [1.54, 1.807) is 0 Å². The van der Waals surface area contributed by atoms with Crippen LogP contribution in [0.15, 0.2) is 0 Å².